The van der Waals surface area contributed by atoms with Crippen LogP contribution in [0.15, 0.2) is 24.3 Å². The number of piperazine rings is 1. The van der Waals surface area contributed by atoms with Gasteiger partial charge >= 0.3 is 0 Å². The fourth-order valence-electron chi connectivity index (χ4n) is 4.11. The second kappa shape index (κ2) is 8.67. The second-order valence-corrected chi connectivity index (χ2v) is 7.93. The van der Waals surface area contributed by atoms with Crippen LogP contribution in [0.2, 0.25) is 0 Å². The summed E-state index contributed by atoms with van der Waals surface area (Å²) in [6, 6.07) is 8.26. The number of likely N-dealkylation sites (tertiary alicyclic amines) is 1. The van der Waals surface area contributed by atoms with Crippen LogP contribution in [-0.4, -0.2) is 66.3 Å². The van der Waals surface area contributed by atoms with Crippen molar-refractivity contribution in [1.29, 1.82) is 0 Å². The Morgan fingerprint density at radius 1 is 1.23 bits per heavy atom. The van der Waals surface area contributed by atoms with Crippen LogP contribution in [0.4, 0.5) is 0 Å². The summed E-state index contributed by atoms with van der Waals surface area (Å²) in [5, 5.41) is 0. The molecule has 2 aliphatic heterocycles. The van der Waals surface area contributed by atoms with Crippen molar-refractivity contribution in [2.75, 3.05) is 39.8 Å². The molecule has 2 heterocycles. The molecule has 0 aliphatic carbocycles. The number of benzene rings is 1. The molecule has 1 aromatic carbocycles. The van der Waals surface area contributed by atoms with Gasteiger partial charge in [0.05, 0.1) is 6.54 Å². The molecule has 26 heavy (non-hydrogen) atoms. The van der Waals surface area contributed by atoms with Gasteiger partial charge in [0.2, 0.25) is 11.8 Å². The van der Waals surface area contributed by atoms with Gasteiger partial charge in [-0.05, 0) is 51.3 Å². The number of carbonyl (C=O) groups is 2. The predicted molar refractivity (Wildman–Crippen MR) is 103 cm³/mol. The smallest absolute Gasteiger partial charge is 0.242 e. The zero-order valence-corrected chi connectivity index (χ0v) is 16.1. The highest BCUT2D eigenvalue weighted by atomic mass is 16.2. The monoisotopic (exact) mass is 357 g/mol. The van der Waals surface area contributed by atoms with Crippen molar-refractivity contribution in [1.82, 2.24) is 14.7 Å². The first-order valence-electron chi connectivity index (χ1n) is 9.81. The highest BCUT2D eigenvalue weighted by molar-refractivity contribution is 5.86. The average Bonchev–Trinajstić information content (AvgIpc) is 2.61. The lowest BCUT2D eigenvalue weighted by atomic mass is 9.93. The molecule has 0 spiro atoms. The van der Waals surface area contributed by atoms with E-state index in [4.69, 9.17) is 0 Å². The molecule has 2 saturated heterocycles. The zero-order valence-electron chi connectivity index (χ0n) is 16.1. The maximum atomic E-state index is 12.5. The largest absolute Gasteiger partial charge is 0.335 e. The lowest BCUT2D eigenvalue weighted by Crippen LogP contribution is -2.51. The molecule has 1 unspecified atom stereocenters. The molecule has 2 amide bonds. The molecule has 0 saturated carbocycles. The zero-order chi connectivity index (χ0) is 18.5. The molecule has 2 aliphatic rings. The van der Waals surface area contributed by atoms with Gasteiger partial charge in [0.15, 0.2) is 0 Å². The Kier molecular flexibility index (Phi) is 6.30. The summed E-state index contributed by atoms with van der Waals surface area (Å²) in [5.41, 5.74) is 2.36. The van der Waals surface area contributed by atoms with Crippen molar-refractivity contribution >= 4 is 11.8 Å². The first-order valence-corrected chi connectivity index (χ1v) is 9.81. The van der Waals surface area contributed by atoms with Crippen molar-refractivity contribution in [3.63, 3.8) is 0 Å². The van der Waals surface area contributed by atoms with Crippen LogP contribution in [0.5, 0.6) is 0 Å². The molecule has 0 bridgehead atoms. The van der Waals surface area contributed by atoms with Crippen LogP contribution < -0.4 is 0 Å². The van der Waals surface area contributed by atoms with E-state index in [0.29, 0.717) is 32.0 Å². The molecule has 1 atom stereocenters. The topological polar surface area (TPSA) is 43.9 Å². The number of hydrogen-bond acceptors (Lipinski definition) is 3. The molecular weight excluding hydrogens is 326 g/mol. The SMILES string of the molecule is Cc1cccc(CN2CCN(C(=O)CCC3CCCN(C)C3)CC2=O)c1. The van der Waals surface area contributed by atoms with E-state index >= 15 is 0 Å². The number of piperidine rings is 1. The minimum Gasteiger partial charge on any atom is -0.335 e. The van der Waals surface area contributed by atoms with Gasteiger partial charge < -0.3 is 14.7 Å². The van der Waals surface area contributed by atoms with Gasteiger partial charge in [0, 0.05) is 32.6 Å². The maximum absolute atomic E-state index is 12.5. The van der Waals surface area contributed by atoms with Crippen molar-refractivity contribution in [3.8, 4) is 0 Å². The molecule has 142 valence electrons. The van der Waals surface area contributed by atoms with E-state index in [1.165, 1.54) is 24.9 Å². The van der Waals surface area contributed by atoms with Crippen LogP contribution in [0.1, 0.15) is 36.8 Å². The Morgan fingerprint density at radius 2 is 2.08 bits per heavy atom. The third-order valence-corrected chi connectivity index (χ3v) is 5.62. The number of hydrogen-bond donors (Lipinski definition) is 0. The number of amides is 2. The van der Waals surface area contributed by atoms with E-state index in [2.05, 4.69) is 37.1 Å². The Labute approximate surface area is 156 Å². The second-order valence-electron chi connectivity index (χ2n) is 7.93. The quantitative estimate of drug-likeness (QED) is 0.812. The first kappa shape index (κ1) is 18.9. The molecule has 0 N–H and O–H groups in total. The summed E-state index contributed by atoms with van der Waals surface area (Å²) in [7, 11) is 2.15. The highest BCUT2D eigenvalue weighted by Crippen LogP contribution is 2.21. The predicted octanol–water partition coefficient (Wildman–Crippen LogP) is 2.29. The van der Waals surface area contributed by atoms with Gasteiger partial charge in [-0.1, -0.05) is 29.8 Å². The van der Waals surface area contributed by atoms with E-state index in [-0.39, 0.29) is 18.4 Å². The van der Waals surface area contributed by atoms with Gasteiger partial charge in [-0.15, -0.1) is 0 Å². The fourth-order valence-corrected chi connectivity index (χ4v) is 4.11. The first-order chi connectivity index (χ1) is 12.5. The molecule has 0 radical (unpaired) electrons. The molecule has 5 heteroatoms. The summed E-state index contributed by atoms with van der Waals surface area (Å²) in [6.45, 7) is 6.47. The van der Waals surface area contributed by atoms with Crippen LogP contribution in [0.25, 0.3) is 0 Å². The van der Waals surface area contributed by atoms with Crippen LogP contribution in [-0.2, 0) is 16.1 Å². The lowest BCUT2D eigenvalue weighted by Gasteiger charge is -2.35. The van der Waals surface area contributed by atoms with Crippen LogP contribution in [0.3, 0.4) is 0 Å². The third-order valence-electron chi connectivity index (χ3n) is 5.62. The number of rotatable bonds is 5. The van der Waals surface area contributed by atoms with Gasteiger partial charge in [0.1, 0.15) is 0 Å². The van der Waals surface area contributed by atoms with Crippen molar-refractivity contribution < 1.29 is 9.59 Å². The Balaban J connectivity index is 1.45. The van der Waals surface area contributed by atoms with E-state index in [9.17, 15) is 9.59 Å². The lowest BCUT2D eigenvalue weighted by molar-refractivity contribution is -0.145. The summed E-state index contributed by atoms with van der Waals surface area (Å²) >= 11 is 0. The van der Waals surface area contributed by atoms with Crippen LogP contribution >= 0.6 is 0 Å². The standard InChI is InChI=1S/C21H31N3O2/c1-17-5-3-6-19(13-17)15-23-11-12-24(16-21(23)26)20(25)9-8-18-7-4-10-22(2)14-18/h3,5-6,13,18H,4,7-12,14-16H2,1-2H3. The molecule has 0 aromatic heterocycles. The minimum absolute atomic E-state index is 0.0588. The van der Waals surface area contributed by atoms with Gasteiger partial charge in [-0.25, -0.2) is 0 Å². The van der Waals surface area contributed by atoms with Crippen molar-refractivity contribution in [3.05, 3.63) is 35.4 Å². The Morgan fingerprint density at radius 3 is 2.81 bits per heavy atom. The van der Waals surface area contributed by atoms with E-state index < -0.39 is 0 Å². The third kappa shape index (κ3) is 5.07. The van der Waals surface area contributed by atoms with E-state index in [1.807, 2.05) is 11.0 Å². The molecular formula is C21H31N3O2. The average molecular weight is 357 g/mol. The number of nitrogens with zero attached hydrogens (tertiary/aromatic N) is 3. The van der Waals surface area contributed by atoms with Crippen LogP contribution in [0, 0.1) is 12.8 Å². The van der Waals surface area contributed by atoms with E-state index in [0.717, 1.165) is 18.5 Å². The molecule has 3 rings (SSSR count). The van der Waals surface area contributed by atoms with E-state index in [1.54, 1.807) is 4.90 Å². The van der Waals surface area contributed by atoms with Gasteiger partial charge in [-0.3, -0.25) is 9.59 Å². The minimum atomic E-state index is 0.0588. The number of aryl methyl sites for hydroxylation is 1. The summed E-state index contributed by atoms with van der Waals surface area (Å²) < 4.78 is 0. The molecule has 5 nitrogen and oxygen atoms in total. The summed E-state index contributed by atoms with van der Waals surface area (Å²) in [4.78, 5) is 31.0. The van der Waals surface area contributed by atoms with Crippen molar-refractivity contribution in [2.45, 2.75) is 39.2 Å². The normalized spacial score (nSPS) is 21.9. The van der Waals surface area contributed by atoms with Gasteiger partial charge in [-0.2, -0.15) is 0 Å². The summed E-state index contributed by atoms with van der Waals surface area (Å²) in [5.74, 6) is 0.821. The number of carbonyl (C=O) groups excluding carboxylic acids is 2. The Hall–Kier alpha value is -1.88. The maximum Gasteiger partial charge on any atom is 0.242 e. The molecule has 2 fully saturated rings. The molecule has 1 aromatic rings. The fraction of sp³-hybridized carbons (Fsp3) is 0.619. The van der Waals surface area contributed by atoms with Gasteiger partial charge in [0.25, 0.3) is 0 Å². The summed E-state index contributed by atoms with van der Waals surface area (Å²) in [6.07, 6.45) is 3.97. The highest BCUT2D eigenvalue weighted by Gasteiger charge is 2.27. The van der Waals surface area contributed by atoms with Crippen molar-refractivity contribution in [2.24, 2.45) is 5.92 Å². The Bertz CT molecular complexity index is 646.